The predicted octanol–water partition coefficient (Wildman–Crippen LogP) is 1.37. The van der Waals surface area contributed by atoms with Gasteiger partial charge in [0, 0.05) is 18.0 Å². The topological polar surface area (TPSA) is 46.3 Å². The van der Waals surface area contributed by atoms with Crippen LogP contribution < -0.4 is 5.73 Å². The second-order valence-electron chi connectivity index (χ2n) is 5.36. The van der Waals surface area contributed by atoms with Crippen LogP contribution in [0.4, 0.5) is 0 Å². The van der Waals surface area contributed by atoms with E-state index in [0.717, 1.165) is 19.4 Å². The lowest BCUT2D eigenvalue weighted by atomic mass is 9.90. The largest absolute Gasteiger partial charge is 0.336 e. The SMILES string of the molecule is CC(C)C(=O)N1[C@H]2CC[C@H]1CC(CN)C2. The minimum absolute atomic E-state index is 0.141. The standard InChI is InChI=1S/C12H22N2O/c1-8(2)12(15)14-10-3-4-11(14)6-9(5-10)7-13/h8-11H,3-7,13H2,1-2H3/t10-,11-/m0/s1. The number of rotatable bonds is 2. The number of piperidine rings is 1. The van der Waals surface area contributed by atoms with Crippen molar-refractivity contribution in [2.75, 3.05) is 6.54 Å². The molecule has 0 aliphatic carbocycles. The molecule has 0 aromatic heterocycles. The summed E-state index contributed by atoms with van der Waals surface area (Å²) in [4.78, 5) is 14.2. The first-order chi connectivity index (χ1) is 7.13. The van der Waals surface area contributed by atoms with Crippen LogP contribution in [0.5, 0.6) is 0 Å². The summed E-state index contributed by atoms with van der Waals surface area (Å²) in [6.45, 7) is 4.78. The first kappa shape index (κ1) is 10.9. The highest BCUT2D eigenvalue weighted by atomic mass is 16.2. The van der Waals surface area contributed by atoms with Gasteiger partial charge in [0.1, 0.15) is 0 Å². The van der Waals surface area contributed by atoms with Gasteiger partial charge in [-0.15, -0.1) is 0 Å². The van der Waals surface area contributed by atoms with Crippen LogP contribution in [0.25, 0.3) is 0 Å². The molecule has 2 fully saturated rings. The zero-order valence-corrected chi connectivity index (χ0v) is 9.78. The normalized spacial score (nSPS) is 34.9. The fourth-order valence-corrected chi connectivity index (χ4v) is 3.14. The average Bonchev–Trinajstić information content (AvgIpc) is 2.47. The van der Waals surface area contributed by atoms with Crippen LogP contribution in [-0.2, 0) is 4.79 Å². The van der Waals surface area contributed by atoms with Crippen LogP contribution in [-0.4, -0.2) is 29.4 Å². The third-order valence-electron chi connectivity index (χ3n) is 3.91. The van der Waals surface area contributed by atoms with Crippen molar-refractivity contribution in [1.29, 1.82) is 0 Å². The van der Waals surface area contributed by atoms with Crippen LogP contribution >= 0.6 is 0 Å². The van der Waals surface area contributed by atoms with Gasteiger partial charge in [-0.25, -0.2) is 0 Å². The number of nitrogens with two attached hydrogens (primary N) is 1. The second-order valence-corrected chi connectivity index (χ2v) is 5.36. The zero-order valence-electron chi connectivity index (χ0n) is 9.78. The Kier molecular flexibility index (Phi) is 3.01. The Morgan fingerprint density at radius 3 is 2.27 bits per heavy atom. The maximum Gasteiger partial charge on any atom is 0.225 e. The molecular weight excluding hydrogens is 188 g/mol. The number of nitrogens with zero attached hydrogens (tertiary/aromatic N) is 1. The predicted molar refractivity (Wildman–Crippen MR) is 60.3 cm³/mol. The summed E-state index contributed by atoms with van der Waals surface area (Å²) in [7, 11) is 0. The number of fused-ring (bicyclic) bond motifs is 2. The Morgan fingerprint density at radius 2 is 1.87 bits per heavy atom. The van der Waals surface area contributed by atoms with Gasteiger partial charge in [0.2, 0.25) is 5.91 Å². The molecule has 3 heteroatoms. The van der Waals surface area contributed by atoms with E-state index in [1.807, 2.05) is 13.8 Å². The van der Waals surface area contributed by atoms with E-state index in [2.05, 4.69) is 4.90 Å². The first-order valence-electron chi connectivity index (χ1n) is 6.15. The lowest BCUT2D eigenvalue weighted by molar-refractivity contribution is -0.139. The van der Waals surface area contributed by atoms with Gasteiger partial charge in [-0.05, 0) is 38.1 Å². The van der Waals surface area contributed by atoms with Gasteiger partial charge in [0.25, 0.3) is 0 Å². The van der Waals surface area contributed by atoms with E-state index < -0.39 is 0 Å². The maximum absolute atomic E-state index is 12.0. The molecule has 0 spiro atoms. The monoisotopic (exact) mass is 210 g/mol. The van der Waals surface area contributed by atoms with E-state index in [9.17, 15) is 4.79 Å². The Labute approximate surface area is 92.0 Å². The summed E-state index contributed by atoms with van der Waals surface area (Å²) < 4.78 is 0. The molecule has 0 aromatic rings. The van der Waals surface area contributed by atoms with Crippen molar-refractivity contribution >= 4 is 5.91 Å². The Morgan fingerprint density at radius 1 is 1.33 bits per heavy atom. The van der Waals surface area contributed by atoms with Crippen molar-refractivity contribution in [3.8, 4) is 0 Å². The number of hydrogen-bond acceptors (Lipinski definition) is 2. The van der Waals surface area contributed by atoms with E-state index in [-0.39, 0.29) is 5.92 Å². The molecule has 2 aliphatic heterocycles. The first-order valence-corrected chi connectivity index (χ1v) is 6.15. The fraction of sp³-hybridized carbons (Fsp3) is 0.917. The molecule has 2 rings (SSSR count). The van der Waals surface area contributed by atoms with Crippen molar-refractivity contribution in [1.82, 2.24) is 4.90 Å². The van der Waals surface area contributed by atoms with Gasteiger partial charge in [-0.3, -0.25) is 4.79 Å². The molecule has 86 valence electrons. The number of carbonyl (C=O) groups is 1. The maximum atomic E-state index is 12.0. The minimum Gasteiger partial charge on any atom is -0.336 e. The summed E-state index contributed by atoms with van der Waals surface area (Å²) in [6, 6.07) is 0.986. The summed E-state index contributed by atoms with van der Waals surface area (Å²) in [5.41, 5.74) is 5.73. The smallest absolute Gasteiger partial charge is 0.225 e. The molecule has 0 aromatic carbocycles. The molecule has 1 amide bonds. The Balaban J connectivity index is 2.07. The van der Waals surface area contributed by atoms with E-state index in [0.29, 0.717) is 23.9 Å². The van der Waals surface area contributed by atoms with Crippen molar-refractivity contribution < 1.29 is 4.79 Å². The number of hydrogen-bond donors (Lipinski definition) is 1. The van der Waals surface area contributed by atoms with Crippen LogP contribution in [0.15, 0.2) is 0 Å². The molecule has 2 heterocycles. The minimum atomic E-state index is 0.141. The number of carbonyl (C=O) groups excluding carboxylic acids is 1. The van der Waals surface area contributed by atoms with Crippen LogP contribution in [0.2, 0.25) is 0 Å². The average molecular weight is 210 g/mol. The summed E-state index contributed by atoms with van der Waals surface area (Å²) in [5.74, 6) is 1.14. The highest BCUT2D eigenvalue weighted by Crippen LogP contribution is 2.38. The van der Waals surface area contributed by atoms with Gasteiger partial charge in [0.15, 0.2) is 0 Å². The van der Waals surface area contributed by atoms with Gasteiger partial charge in [-0.2, -0.15) is 0 Å². The molecule has 2 bridgehead atoms. The van der Waals surface area contributed by atoms with Crippen molar-refractivity contribution in [3.63, 3.8) is 0 Å². The lowest BCUT2D eigenvalue weighted by Gasteiger charge is -2.39. The second kappa shape index (κ2) is 4.12. The molecular formula is C12H22N2O. The van der Waals surface area contributed by atoms with E-state index in [4.69, 9.17) is 5.73 Å². The van der Waals surface area contributed by atoms with Gasteiger partial charge in [0.05, 0.1) is 0 Å². The van der Waals surface area contributed by atoms with E-state index in [1.165, 1.54) is 12.8 Å². The lowest BCUT2D eigenvalue weighted by Crippen LogP contribution is -2.49. The highest BCUT2D eigenvalue weighted by Gasteiger charge is 2.42. The highest BCUT2D eigenvalue weighted by molar-refractivity contribution is 5.79. The third-order valence-corrected chi connectivity index (χ3v) is 3.91. The molecule has 3 nitrogen and oxygen atoms in total. The quantitative estimate of drug-likeness (QED) is 0.748. The van der Waals surface area contributed by atoms with Crippen LogP contribution in [0.3, 0.4) is 0 Å². The third kappa shape index (κ3) is 1.89. The van der Waals surface area contributed by atoms with Crippen LogP contribution in [0.1, 0.15) is 39.5 Å². The summed E-state index contributed by atoms with van der Waals surface area (Å²) >= 11 is 0. The zero-order chi connectivity index (χ0) is 11.0. The molecule has 0 unspecified atom stereocenters. The summed E-state index contributed by atoms with van der Waals surface area (Å²) in [6.07, 6.45) is 4.65. The van der Waals surface area contributed by atoms with Crippen molar-refractivity contribution in [3.05, 3.63) is 0 Å². The van der Waals surface area contributed by atoms with Gasteiger partial charge in [-0.1, -0.05) is 13.8 Å². The molecule has 2 atom stereocenters. The van der Waals surface area contributed by atoms with E-state index in [1.54, 1.807) is 0 Å². The molecule has 2 N–H and O–H groups in total. The van der Waals surface area contributed by atoms with E-state index >= 15 is 0 Å². The van der Waals surface area contributed by atoms with Gasteiger partial charge < -0.3 is 10.6 Å². The molecule has 0 radical (unpaired) electrons. The summed E-state index contributed by atoms with van der Waals surface area (Å²) in [5, 5.41) is 0. The molecule has 15 heavy (non-hydrogen) atoms. The Bertz CT molecular complexity index is 238. The van der Waals surface area contributed by atoms with Crippen molar-refractivity contribution in [2.24, 2.45) is 17.6 Å². The Hall–Kier alpha value is -0.570. The number of amides is 1. The van der Waals surface area contributed by atoms with Crippen LogP contribution in [0, 0.1) is 11.8 Å². The van der Waals surface area contributed by atoms with Crippen molar-refractivity contribution in [2.45, 2.75) is 51.6 Å². The fourth-order valence-electron chi connectivity index (χ4n) is 3.14. The van der Waals surface area contributed by atoms with Gasteiger partial charge >= 0.3 is 0 Å². The molecule has 0 saturated carbocycles. The molecule has 2 saturated heterocycles. The molecule has 2 aliphatic rings.